The van der Waals surface area contributed by atoms with Crippen LogP contribution < -0.4 is 10.2 Å². The van der Waals surface area contributed by atoms with Gasteiger partial charge in [-0.05, 0) is 57.1 Å². The SMILES string of the molecule is CN1C(=O)C(NC(=O)OC(C)(C)C)CC2(CC2)c2ccccc21. The fraction of sp³-hybridized carbons (Fsp3) is 0.556. The minimum Gasteiger partial charge on any atom is -0.444 e. The molecule has 1 N–H and O–H groups in total. The lowest BCUT2D eigenvalue weighted by Gasteiger charge is -2.25. The summed E-state index contributed by atoms with van der Waals surface area (Å²) in [6.07, 6.45) is 2.20. The maximum Gasteiger partial charge on any atom is 0.408 e. The van der Waals surface area contributed by atoms with Gasteiger partial charge >= 0.3 is 6.09 Å². The van der Waals surface area contributed by atoms with Crippen LogP contribution in [0.3, 0.4) is 0 Å². The van der Waals surface area contributed by atoms with E-state index in [2.05, 4.69) is 11.4 Å². The Morgan fingerprint density at radius 3 is 2.57 bits per heavy atom. The predicted molar refractivity (Wildman–Crippen MR) is 88.5 cm³/mol. The summed E-state index contributed by atoms with van der Waals surface area (Å²) in [4.78, 5) is 26.5. The first-order valence-corrected chi connectivity index (χ1v) is 8.08. The summed E-state index contributed by atoms with van der Waals surface area (Å²) in [5, 5.41) is 2.77. The van der Waals surface area contributed by atoms with Crippen molar-refractivity contribution >= 4 is 17.7 Å². The molecule has 5 heteroatoms. The highest BCUT2D eigenvalue weighted by Gasteiger charge is 2.51. The molecule has 2 aliphatic rings. The van der Waals surface area contributed by atoms with Gasteiger partial charge in [-0.1, -0.05) is 18.2 Å². The summed E-state index contributed by atoms with van der Waals surface area (Å²) in [6, 6.07) is 7.48. The highest BCUT2D eigenvalue weighted by atomic mass is 16.6. The molecule has 3 rings (SSSR count). The van der Waals surface area contributed by atoms with Gasteiger partial charge in [-0.2, -0.15) is 0 Å². The molecule has 0 aromatic heterocycles. The van der Waals surface area contributed by atoms with Crippen molar-refractivity contribution in [3.63, 3.8) is 0 Å². The van der Waals surface area contributed by atoms with E-state index >= 15 is 0 Å². The first-order valence-electron chi connectivity index (χ1n) is 8.08. The molecule has 1 atom stereocenters. The van der Waals surface area contributed by atoms with Crippen molar-refractivity contribution in [2.24, 2.45) is 0 Å². The summed E-state index contributed by atoms with van der Waals surface area (Å²) in [7, 11) is 1.77. The molecule has 0 radical (unpaired) electrons. The molecule has 1 unspecified atom stereocenters. The molecule has 1 aliphatic carbocycles. The van der Waals surface area contributed by atoms with Crippen LogP contribution in [-0.2, 0) is 14.9 Å². The van der Waals surface area contributed by atoms with Gasteiger partial charge in [0.15, 0.2) is 0 Å². The minimum absolute atomic E-state index is 0.0106. The van der Waals surface area contributed by atoms with Crippen LogP contribution in [0.5, 0.6) is 0 Å². The van der Waals surface area contributed by atoms with E-state index < -0.39 is 17.7 Å². The normalized spacial score (nSPS) is 22.3. The molecule has 1 spiro atoms. The van der Waals surface area contributed by atoms with Crippen molar-refractivity contribution in [3.8, 4) is 0 Å². The topological polar surface area (TPSA) is 58.6 Å². The van der Waals surface area contributed by atoms with Crippen LogP contribution in [0.15, 0.2) is 24.3 Å². The molecule has 23 heavy (non-hydrogen) atoms. The lowest BCUT2D eigenvalue weighted by molar-refractivity contribution is -0.120. The molecule has 1 heterocycles. The van der Waals surface area contributed by atoms with Crippen molar-refractivity contribution in [1.82, 2.24) is 5.32 Å². The molecule has 1 aliphatic heterocycles. The van der Waals surface area contributed by atoms with Crippen molar-refractivity contribution < 1.29 is 14.3 Å². The van der Waals surface area contributed by atoms with Gasteiger partial charge in [0.2, 0.25) is 5.91 Å². The number of rotatable bonds is 1. The average Bonchev–Trinajstić information content (AvgIpc) is 3.24. The number of anilines is 1. The first-order chi connectivity index (χ1) is 10.7. The maximum atomic E-state index is 12.8. The van der Waals surface area contributed by atoms with E-state index in [0.717, 1.165) is 18.5 Å². The van der Waals surface area contributed by atoms with Gasteiger partial charge in [0.05, 0.1) is 0 Å². The average molecular weight is 316 g/mol. The number of hydrogen-bond donors (Lipinski definition) is 1. The number of benzene rings is 1. The van der Waals surface area contributed by atoms with Gasteiger partial charge in [0, 0.05) is 12.7 Å². The first kappa shape index (κ1) is 15.8. The van der Waals surface area contributed by atoms with Crippen molar-refractivity contribution in [3.05, 3.63) is 29.8 Å². The van der Waals surface area contributed by atoms with Gasteiger partial charge in [0.1, 0.15) is 11.6 Å². The lowest BCUT2D eigenvalue weighted by atomic mass is 9.89. The number of likely N-dealkylation sites (N-methyl/N-ethyl adjacent to an activating group) is 1. The number of nitrogens with one attached hydrogen (secondary N) is 1. The molecular weight excluding hydrogens is 292 g/mol. The van der Waals surface area contributed by atoms with Crippen LogP contribution in [0, 0.1) is 0 Å². The van der Waals surface area contributed by atoms with Crippen LogP contribution in [0.2, 0.25) is 0 Å². The molecule has 1 saturated carbocycles. The molecule has 124 valence electrons. The lowest BCUT2D eigenvalue weighted by Crippen LogP contribution is -2.48. The van der Waals surface area contributed by atoms with Gasteiger partial charge < -0.3 is 15.0 Å². The van der Waals surface area contributed by atoms with E-state index in [1.165, 1.54) is 5.56 Å². The number of carbonyl (C=O) groups is 2. The summed E-state index contributed by atoms with van der Waals surface area (Å²) in [6.45, 7) is 5.43. The van der Waals surface area contributed by atoms with Crippen LogP contribution in [0.4, 0.5) is 10.5 Å². The number of nitrogens with zero attached hydrogens (tertiary/aromatic N) is 1. The molecular formula is C18H24N2O3. The Morgan fingerprint density at radius 1 is 1.30 bits per heavy atom. The Morgan fingerprint density at radius 2 is 1.96 bits per heavy atom. The third-order valence-electron chi connectivity index (χ3n) is 4.60. The third kappa shape index (κ3) is 3.05. The number of para-hydroxylation sites is 1. The van der Waals surface area contributed by atoms with Crippen molar-refractivity contribution in [2.45, 2.75) is 57.1 Å². The highest BCUT2D eigenvalue weighted by molar-refractivity contribution is 6.00. The molecule has 5 nitrogen and oxygen atoms in total. The van der Waals surface area contributed by atoms with E-state index in [-0.39, 0.29) is 11.3 Å². The highest BCUT2D eigenvalue weighted by Crippen LogP contribution is 2.55. The minimum atomic E-state index is -0.579. The predicted octanol–water partition coefficient (Wildman–Crippen LogP) is 2.98. The van der Waals surface area contributed by atoms with Crippen LogP contribution in [0.25, 0.3) is 0 Å². The van der Waals surface area contributed by atoms with Crippen LogP contribution >= 0.6 is 0 Å². The standard InChI is InChI=1S/C18H24N2O3/c1-17(2,3)23-16(22)19-13-11-18(9-10-18)12-7-5-6-8-14(12)20(4)15(13)21/h5-8,13H,9-11H2,1-4H3,(H,19,22). The molecule has 0 bridgehead atoms. The zero-order chi connectivity index (χ0) is 16.8. The third-order valence-corrected chi connectivity index (χ3v) is 4.60. The van der Waals surface area contributed by atoms with Gasteiger partial charge in [0.25, 0.3) is 0 Å². The van der Waals surface area contributed by atoms with Crippen molar-refractivity contribution in [2.75, 3.05) is 11.9 Å². The Bertz CT molecular complexity index is 644. The fourth-order valence-electron chi connectivity index (χ4n) is 3.34. The zero-order valence-corrected chi connectivity index (χ0v) is 14.2. The van der Waals surface area contributed by atoms with Gasteiger partial charge in [-0.3, -0.25) is 4.79 Å². The number of fused-ring (bicyclic) bond motifs is 2. The summed E-state index contributed by atoms with van der Waals surface area (Å²) in [5.41, 5.74) is 1.59. The summed E-state index contributed by atoms with van der Waals surface area (Å²) < 4.78 is 5.31. The number of ether oxygens (including phenoxy) is 1. The molecule has 1 fully saturated rings. The molecule has 0 saturated heterocycles. The Labute approximate surface area is 137 Å². The number of carbonyl (C=O) groups excluding carboxylic acids is 2. The largest absolute Gasteiger partial charge is 0.444 e. The van der Waals surface area contributed by atoms with Crippen molar-refractivity contribution in [1.29, 1.82) is 0 Å². The van der Waals surface area contributed by atoms with E-state index in [9.17, 15) is 9.59 Å². The number of hydrogen-bond acceptors (Lipinski definition) is 3. The van der Waals surface area contributed by atoms with E-state index in [1.54, 1.807) is 11.9 Å². The molecule has 2 amide bonds. The number of alkyl carbamates (subject to hydrolysis) is 1. The Kier molecular flexibility index (Phi) is 3.62. The summed E-state index contributed by atoms with van der Waals surface area (Å²) >= 11 is 0. The smallest absolute Gasteiger partial charge is 0.408 e. The quantitative estimate of drug-likeness (QED) is 0.866. The fourth-order valence-corrected chi connectivity index (χ4v) is 3.34. The molecule has 1 aromatic rings. The van der Waals surface area contributed by atoms with E-state index in [0.29, 0.717) is 6.42 Å². The summed E-state index contributed by atoms with van der Waals surface area (Å²) in [5.74, 6) is -0.0907. The monoisotopic (exact) mass is 316 g/mol. The van der Waals surface area contributed by atoms with Gasteiger partial charge in [-0.25, -0.2) is 4.79 Å². The Hall–Kier alpha value is -2.04. The van der Waals surface area contributed by atoms with Gasteiger partial charge in [-0.15, -0.1) is 0 Å². The molecule has 1 aromatic carbocycles. The van der Waals surface area contributed by atoms with Crippen LogP contribution in [-0.4, -0.2) is 30.7 Å². The second-order valence-electron chi connectivity index (χ2n) is 7.60. The second-order valence-corrected chi connectivity index (χ2v) is 7.60. The zero-order valence-electron chi connectivity index (χ0n) is 14.2. The Balaban J connectivity index is 1.85. The van der Waals surface area contributed by atoms with Crippen LogP contribution in [0.1, 0.15) is 45.6 Å². The van der Waals surface area contributed by atoms with E-state index in [1.807, 2.05) is 39.0 Å². The maximum absolute atomic E-state index is 12.8. The second kappa shape index (κ2) is 5.25. The number of amides is 2. The van der Waals surface area contributed by atoms with E-state index in [4.69, 9.17) is 4.74 Å².